The monoisotopic (exact) mass is 566 g/mol. The molecule has 4 fully saturated rings. The molecule has 0 bridgehead atoms. The van der Waals surface area contributed by atoms with E-state index >= 15 is 0 Å². The Labute approximate surface area is 240 Å². The lowest BCUT2D eigenvalue weighted by molar-refractivity contribution is -0.159. The van der Waals surface area contributed by atoms with Crippen molar-refractivity contribution in [3.8, 4) is 6.07 Å². The van der Waals surface area contributed by atoms with Crippen LogP contribution in [-0.2, 0) is 19.6 Å². The van der Waals surface area contributed by atoms with Crippen molar-refractivity contribution in [2.24, 2.45) is 44.8 Å². The van der Waals surface area contributed by atoms with Crippen LogP contribution in [0.5, 0.6) is 0 Å². The molecule has 6 aliphatic rings. The molecule has 0 heterocycles. The number of Topliss-reactive ketones (excluding diaryl/α,β-unsaturated/α-hetero) is 1. The Balaban J connectivity index is 1.50. The minimum Gasteiger partial charge on any atom is -0.295 e. The van der Waals surface area contributed by atoms with Crippen molar-refractivity contribution in [2.75, 3.05) is 0 Å². The largest absolute Gasteiger partial charge is 0.295 e. The number of rotatable bonds is 3. The van der Waals surface area contributed by atoms with Crippen LogP contribution >= 0.6 is 0 Å². The lowest BCUT2D eigenvalue weighted by Gasteiger charge is -2.69. The normalized spacial score (nSPS) is 45.6. The number of sulfonamides is 1. The van der Waals surface area contributed by atoms with Crippen molar-refractivity contribution >= 4 is 21.6 Å². The second-order valence-corrected chi connectivity index (χ2v) is 18.2. The molecular weight excluding hydrogens is 520 g/mol. The van der Waals surface area contributed by atoms with E-state index < -0.39 is 26.4 Å². The second-order valence-electron chi connectivity index (χ2n) is 16.3. The van der Waals surface area contributed by atoms with Crippen LogP contribution < -0.4 is 4.72 Å². The highest BCUT2D eigenvalue weighted by Crippen LogP contribution is 2.73. The molecule has 1 N–H and O–H groups in total. The first-order chi connectivity index (χ1) is 18.4. The molecular formula is C33H46N2O4S. The van der Waals surface area contributed by atoms with Gasteiger partial charge in [-0.1, -0.05) is 60.1 Å². The van der Waals surface area contributed by atoms with Gasteiger partial charge in [-0.15, -0.1) is 0 Å². The van der Waals surface area contributed by atoms with E-state index in [2.05, 4.69) is 45.4 Å². The number of hydrogen-bond acceptors (Lipinski definition) is 5. The van der Waals surface area contributed by atoms with Crippen LogP contribution in [0.2, 0.25) is 0 Å². The third-order valence-corrected chi connectivity index (χ3v) is 15.2. The lowest BCUT2D eigenvalue weighted by Crippen LogP contribution is -2.69. The van der Waals surface area contributed by atoms with E-state index in [0.29, 0.717) is 0 Å². The maximum atomic E-state index is 14.5. The molecule has 0 unspecified atom stereocenters. The highest BCUT2D eigenvalue weighted by atomic mass is 32.2. The molecule has 4 saturated carbocycles. The summed E-state index contributed by atoms with van der Waals surface area (Å²) in [6, 6.07) is 2.17. The van der Waals surface area contributed by atoms with Crippen LogP contribution in [0.15, 0.2) is 23.3 Å². The van der Waals surface area contributed by atoms with Gasteiger partial charge in [0, 0.05) is 22.3 Å². The molecule has 0 amide bonds. The molecule has 218 valence electrons. The van der Waals surface area contributed by atoms with Crippen LogP contribution in [-0.4, -0.2) is 30.8 Å². The third kappa shape index (κ3) is 3.57. The van der Waals surface area contributed by atoms with E-state index in [9.17, 15) is 23.3 Å². The highest BCUT2D eigenvalue weighted by molar-refractivity contribution is 7.90. The molecule has 6 nitrogen and oxygen atoms in total. The minimum atomic E-state index is -3.42. The van der Waals surface area contributed by atoms with Crippen molar-refractivity contribution in [3.63, 3.8) is 0 Å². The number of allylic oxidation sites excluding steroid dienone is 4. The third-order valence-electron chi connectivity index (χ3n) is 13.2. The zero-order chi connectivity index (χ0) is 29.3. The first-order valence-electron chi connectivity index (χ1n) is 15.3. The Morgan fingerprint density at radius 2 is 1.57 bits per heavy atom. The fraction of sp³-hybridized carbons (Fsp3) is 0.788. The molecule has 7 atom stereocenters. The lowest BCUT2D eigenvalue weighted by atomic mass is 9.35. The van der Waals surface area contributed by atoms with Gasteiger partial charge in [0.05, 0.1) is 10.8 Å². The van der Waals surface area contributed by atoms with E-state index in [1.807, 2.05) is 26.0 Å². The standard InChI is InChI=1S/C33H46N2O4S/c1-28(2)12-14-33(35-40(38,39)21-8-9-21)15-13-32(7)26(22(33)18-28)23(36)16-25-30(5)17-20(19-34)27(37)29(3,4)24(30)10-11-31(25,32)6/h16-17,21-22,24,26,35H,8-15,18H2,1-7H3/t22-,24+,26+,30-,31-,32-,33-/m1/s1. The van der Waals surface area contributed by atoms with Gasteiger partial charge < -0.3 is 0 Å². The molecule has 0 spiro atoms. The van der Waals surface area contributed by atoms with Crippen LogP contribution in [0, 0.1) is 56.2 Å². The number of nitrogens with one attached hydrogen (secondary N) is 1. The van der Waals surface area contributed by atoms with Gasteiger partial charge in [-0.05, 0) is 91.9 Å². The average Bonchev–Trinajstić information content (AvgIpc) is 3.70. The van der Waals surface area contributed by atoms with Gasteiger partial charge in [0.25, 0.3) is 0 Å². The van der Waals surface area contributed by atoms with Crippen molar-refractivity contribution in [2.45, 2.75) is 117 Å². The van der Waals surface area contributed by atoms with Crippen LogP contribution in [0.3, 0.4) is 0 Å². The van der Waals surface area contributed by atoms with Gasteiger partial charge in [0.15, 0.2) is 11.6 Å². The predicted octanol–water partition coefficient (Wildman–Crippen LogP) is 6.04. The fourth-order valence-corrected chi connectivity index (χ4v) is 12.4. The molecule has 0 aromatic carbocycles. The molecule has 0 saturated heterocycles. The Kier molecular flexibility index (Phi) is 5.80. The van der Waals surface area contributed by atoms with E-state index in [0.717, 1.165) is 63.4 Å². The van der Waals surface area contributed by atoms with Gasteiger partial charge in [0.1, 0.15) is 6.07 Å². The van der Waals surface area contributed by atoms with Gasteiger partial charge in [-0.2, -0.15) is 5.26 Å². The second kappa shape index (κ2) is 8.19. The first-order valence-corrected chi connectivity index (χ1v) is 16.9. The van der Waals surface area contributed by atoms with Crippen LogP contribution in [0.4, 0.5) is 0 Å². The molecule has 0 radical (unpaired) electrons. The molecule has 0 aromatic heterocycles. The minimum absolute atomic E-state index is 0.0125. The molecule has 7 heteroatoms. The van der Waals surface area contributed by atoms with E-state index in [1.165, 1.54) is 0 Å². The SMILES string of the molecule is CC1(C)CC[C@@]2(NS(=O)(=O)C3CC3)CC[C@]3(C)[C@H](C(=O)C=C4[C@]5(C)C=C(C#N)C(=O)C(C)(C)[C@@H]5CC[C@]43C)[C@H]2C1. The maximum Gasteiger partial charge on any atom is 0.214 e. The first kappa shape index (κ1) is 28.3. The fourth-order valence-electron chi connectivity index (χ4n) is 10.6. The van der Waals surface area contributed by atoms with Crippen LogP contribution in [0.1, 0.15) is 106 Å². The summed E-state index contributed by atoms with van der Waals surface area (Å²) in [4.78, 5) is 27.8. The molecule has 0 aromatic rings. The maximum absolute atomic E-state index is 14.5. The highest BCUT2D eigenvalue weighted by Gasteiger charge is 2.70. The summed E-state index contributed by atoms with van der Waals surface area (Å²) in [7, 11) is -3.42. The van der Waals surface area contributed by atoms with Crippen LogP contribution in [0.25, 0.3) is 0 Å². The van der Waals surface area contributed by atoms with Crippen molar-refractivity contribution < 1.29 is 18.0 Å². The topological polar surface area (TPSA) is 104 Å². The number of nitriles is 1. The Bertz CT molecular complexity index is 1410. The summed E-state index contributed by atoms with van der Waals surface area (Å²) in [5.41, 5.74) is -1.15. The summed E-state index contributed by atoms with van der Waals surface area (Å²) in [6.45, 7) is 15.2. The van der Waals surface area contributed by atoms with Gasteiger partial charge in [-0.3, -0.25) is 9.59 Å². The number of nitrogens with zero attached hydrogens (tertiary/aromatic N) is 1. The van der Waals surface area contributed by atoms with Gasteiger partial charge in [0.2, 0.25) is 10.0 Å². The summed E-state index contributed by atoms with van der Waals surface area (Å²) >= 11 is 0. The molecule has 40 heavy (non-hydrogen) atoms. The smallest absolute Gasteiger partial charge is 0.214 e. The summed E-state index contributed by atoms with van der Waals surface area (Å²) < 4.78 is 30.0. The molecule has 6 aliphatic carbocycles. The zero-order valence-electron chi connectivity index (χ0n) is 25.3. The Hall–Kier alpha value is -1.78. The van der Waals surface area contributed by atoms with Gasteiger partial charge in [-0.25, -0.2) is 13.1 Å². The Morgan fingerprint density at radius 1 is 0.925 bits per heavy atom. The summed E-state index contributed by atoms with van der Waals surface area (Å²) in [5, 5.41) is 9.62. The van der Waals surface area contributed by atoms with E-state index in [4.69, 9.17) is 0 Å². The molecule has 0 aliphatic heterocycles. The molecule has 6 rings (SSSR count). The quantitative estimate of drug-likeness (QED) is 0.449. The van der Waals surface area contributed by atoms with E-state index in [-0.39, 0.29) is 56.4 Å². The van der Waals surface area contributed by atoms with Gasteiger partial charge >= 0.3 is 0 Å². The van der Waals surface area contributed by atoms with Crippen molar-refractivity contribution in [1.29, 1.82) is 5.26 Å². The number of ketones is 2. The predicted molar refractivity (Wildman–Crippen MR) is 154 cm³/mol. The van der Waals surface area contributed by atoms with Crippen molar-refractivity contribution in [3.05, 3.63) is 23.3 Å². The number of hydrogen-bond donors (Lipinski definition) is 1. The average molecular weight is 567 g/mol. The number of fused-ring (bicyclic) bond motifs is 7. The summed E-state index contributed by atoms with van der Waals surface area (Å²) in [5.74, 6) is -0.308. The Morgan fingerprint density at radius 3 is 2.20 bits per heavy atom. The zero-order valence-corrected chi connectivity index (χ0v) is 26.1. The van der Waals surface area contributed by atoms with E-state index in [1.54, 1.807) is 0 Å². The van der Waals surface area contributed by atoms with Crippen molar-refractivity contribution in [1.82, 2.24) is 4.72 Å². The number of carbonyl (C=O) groups is 2. The summed E-state index contributed by atoms with van der Waals surface area (Å²) in [6.07, 6.45) is 11.0. The number of carbonyl (C=O) groups excluding carboxylic acids is 2.